The van der Waals surface area contributed by atoms with Gasteiger partial charge in [-0.05, 0) is 50.6 Å². The second-order valence-electron chi connectivity index (χ2n) is 4.82. The first-order valence-corrected chi connectivity index (χ1v) is 7.24. The number of rotatable bonds is 8. The van der Waals surface area contributed by atoms with Crippen LogP contribution in [0.3, 0.4) is 0 Å². The minimum absolute atomic E-state index is 0.108. The highest BCUT2D eigenvalue weighted by atomic mass is 19.1. The van der Waals surface area contributed by atoms with Crippen LogP contribution in [0.4, 0.5) is 4.39 Å². The Kier molecular flexibility index (Phi) is 5.56. The summed E-state index contributed by atoms with van der Waals surface area (Å²) in [5, 5.41) is 4.26. The van der Waals surface area contributed by atoms with E-state index in [1.807, 2.05) is 13.0 Å². The SMILES string of the molecule is CCCNC(CCOCC)c1cc2cc(F)ccc2o1. The summed E-state index contributed by atoms with van der Waals surface area (Å²) in [6.07, 6.45) is 1.90. The lowest BCUT2D eigenvalue weighted by Crippen LogP contribution is -2.23. The van der Waals surface area contributed by atoms with Crippen LogP contribution in [0.25, 0.3) is 11.0 Å². The second kappa shape index (κ2) is 7.41. The van der Waals surface area contributed by atoms with Crippen molar-refractivity contribution >= 4 is 11.0 Å². The Labute approximate surface area is 119 Å². The van der Waals surface area contributed by atoms with E-state index in [9.17, 15) is 4.39 Å². The zero-order chi connectivity index (χ0) is 14.4. The van der Waals surface area contributed by atoms with Gasteiger partial charge in [-0.15, -0.1) is 0 Å². The van der Waals surface area contributed by atoms with Crippen LogP contribution in [-0.4, -0.2) is 19.8 Å². The van der Waals surface area contributed by atoms with E-state index in [0.29, 0.717) is 13.2 Å². The Morgan fingerprint density at radius 2 is 2.15 bits per heavy atom. The third kappa shape index (κ3) is 3.81. The van der Waals surface area contributed by atoms with Gasteiger partial charge in [0.25, 0.3) is 0 Å². The first kappa shape index (κ1) is 15.0. The van der Waals surface area contributed by atoms with E-state index in [1.165, 1.54) is 12.1 Å². The summed E-state index contributed by atoms with van der Waals surface area (Å²) in [5.41, 5.74) is 0.723. The van der Waals surface area contributed by atoms with Gasteiger partial charge >= 0.3 is 0 Å². The van der Waals surface area contributed by atoms with Gasteiger partial charge in [0.15, 0.2) is 0 Å². The number of hydrogen-bond donors (Lipinski definition) is 1. The monoisotopic (exact) mass is 279 g/mol. The Balaban J connectivity index is 2.15. The predicted octanol–water partition coefficient (Wildman–Crippen LogP) is 4.04. The van der Waals surface area contributed by atoms with Gasteiger partial charge in [0.2, 0.25) is 0 Å². The van der Waals surface area contributed by atoms with Crippen molar-refractivity contribution in [3.63, 3.8) is 0 Å². The third-order valence-electron chi connectivity index (χ3n) is 3.24. The Hall–Kier alpha value is -1.39. The lowest BCUT2D eigenvalue weighted by molar-refractivity contribution is 0.134. The number of ether oxygens (including phenoxy) is 1. The first-order chi connectivity index (χ1) is 9.74. The molecular formula is C16H22FNO2. The van der Waals surface area contributed by atoms with Crippen LogP contribution < -0.4 is 5.32 Å². The van der Waals surface area contributed by atoms with E-state index in [4.69, 9.17) is 9.15 Å². The maximum Gasteiger partial charge on any atom is 0.134 e. The van der Waals surface area contributed by atoms with E-state index < -0.39 is 0 Å². The van der Waals surface area contributed by atoms with Crippen molar-refractivity contribution < 1.29 is 13.5 Å². The molecule has 0 spiro atoms. The van der Waals surface area contributed by atoms with Gasteiger partial charge < -0.3 is 14.5 Å². The molecule has 3 nitrogen and oxygen atoms in total. The number of nitrogens with one attached hydrogen (secondary N) is 1. The average Bonchev–Trinajstić information content (AvgIpc) is 2.85. The summed E-state index contributed by atoms with van der Waals surface area (Å²) < 4.78 is 24.5. The summed E-state index contributed by atoms with van der Waals surface area (Å²) in [7, 11) is 0. The maximum atomic E-state index is 13.2. The van der Waals surface area contributed by atoms with Gasteiger partial charge in [0.05, 0.1) is 6.04 Å². The Morgan fingerprint density at radius 3 is 2.90 bits per heavy atom. The number of furan rings is 1. The van der Waals surface area contributed by atoms with Crippen LogP contribution in [0.2, 0.25) is 0 Å². The van der Waals surface area contributed by atoms with Crippen LogP contribution in [0.15, 0.2) is 28.7 Å². The molecule has 0 aliphatic carbocycles. The smallest absolute Gasteiger partial charge is 0.134 e. The van der Waals surface area contributed by atoms with Gasteiger partial charge in [0.1, 0.15) is 17.2 Å². The Morgan fingerprint density at radius 1 is 1.30 bits per heavy atom. The molecule has 0 radical (unpaired) electrons. The summed E-state index contributed by atoms with van der Waals surface area (Å²) in [6, 6.07) is 6.62. The van der Waals surface area contributed by atoms with Gasteiger partial charge in [-0.2, -0.15) is 0 Å². The molecule has 110 valence electrons. The summed E-state index contributed by atoms with van der Waals surface area (Å²) in [5.74, 6) is 0.607. The van der Waals surface area contributed by atoms with Crippen molar-refractivity contribution in [3.05, 3.63) is 35.8 Å². The van der Waals surface area contributed by atoms with Crippen LogP contribution in [0.1, 0.15) is 38.5 Å². The fraction of sp³-hybridized carbons (Fsp3) is 0.500. The predicted molar refractivity (Wildman–Crippen MR) is 78.3 cm³/mol. The van der Waals surface area contributed by atoms with Crippen molar-refractivity contribution in [2.75, 3.05) is 19.8 Å². The van der Waals surface area contributed by atoms with Crippen LogP contribution in [0, 0.1) is 5.82 Å². The van der Waals surface area contributed by atoms with Gasteiger partial charge in [-0.3, -0.25) is 0 Å². The number of benzene rings is 1. The van der Waals surface area contributed by atoms with E-state index in [1.54, 1.807) is 6.07 Å². The normalized spacial score (nSPS) is 12.9. The molecule has 4 heteroatoms. The maximum absolute atomic E-state index is 13.2. The average molecular weight is 279 g/mol. The highest BCUT2D eigenvalue weighted by molar-refractivity contribution is 5.78. The molecule has 0 bridgehead atoms. The molecule has 0 saturated heterocycles. The van der Waals surface area contributed by atoms with Crippen molar-refractivity contribution in [3.8, 4) is 0 Å². The molecule has 2 aromatic rings. The van der Waals surface area contributed by atoms with Crippen LogP contribution in [0.5, 0.6) is 0 Å². The molecule has 1 N–H and O–H groups in total. The van der Waals surface area contributed by atoms with Crippen molar-refractivity contribution in [1.29, 1.82) is 0 Å². The molecule has 0 amide bonds. The molecule has 0 aliphatic heterocycles. The molecule has 1 unspecified atom stereocenters. The van der Waals surface area contributed by atoms with Crippen molar-refractivity contribution in [2.24, 2.45) is 0 Å². The van der Waals surface area contributed by atoms with Crippen molar-refractivity contribution in [2.45, 2.75) is 32.7 Å². The lowest BCUT2D eigenvalue weighted by Gasteiger charge is -2.15. The molecule has 20 heavy (non-hydrogen) atoms. The summed E-state index contributed by atoms with van der Waals surface area (Å²) >= 11 is 0. The highest BCUT2D eigenvalue weighted by Crippen LogP contribution is 2.26. The summed E-state index contributed by atoms with van der Waals surface area (Å²) in [6.45, 7) is 6.43. The zero-order valence-electron chi connectivity index (χ0n) is 12.1. The molecule has 1 heterocycles. The lowest BCUT2D eigenvalue weighted by atomic mass is 10.1. The van der Waals surface area contributed by atoms with Gasteiger partial charge in [0, 0.05) is 18.6 Å². The third-order valence-corrected chi connectivity index (χ3v) is 3.24. The molecule has 0 fully saturated rings. The molecule has 1 aromatic heterocycles. The summed E-state index contributed by atoms with van der Waals surface area (Å²) in [4.78, 5) is 0. The van der Waals surface area contributed by atoms with Crippen LogP contribution >= 0.6 is 0 Å². The fourth-order valence-corrected chi connectivity index (χ4v) is 2.22. The first-order valence-electron chi connectivity index (χ1n) is 7.24. The largest absolute Gasteiger partial charge is 0.459 e. The quantitative estimate of drug-likeness (QED) is 0.741. The van der Waals surface area contributed by atoms with E-state index in [2.05, 4.69) is 12.2 Å². The molecule has 0 saturated carbocycles. The van der Waals surface area contributed by atoms with Crippen LogP contribution in [-0.2, 0) is 4.74 Å². The molecule has 0 aliphatic rings. The second-order valence-corrected chi connectivity index (χ2v) is 4.82. The molecule has 1 atom stereocenters. The van der Waals surface area contributed by atoms with E-state index in [-0.39, 0.29) is 11.9 Å². The highest BCUT2D eigenvalue weighted by Gasteiger charge is 2.16. The fourth-order valence-electron chi connectivity index (χ4n) is 2.22. The van der Waals surface area contributed by atoms with Gasteiger partial charge in [-0.1, -0.05) is 6.92 Å². The number of hydrogen-bond acceptors (Lipinski definition) is 3. The number of halogens is 1. The standard InChI is InChI=1S/C16H22FNO2/c1-3-8-18-14(7-9-19-4-2)16-11-12-10-13(17)5-6-15(12)20-16/h5-6,10-11,14,18H,3-4,7-9H2,1-2H3. The minimum atomic E-state index is -0.239. The van der Waals surface area contributed by atoms with Crippen molar-refractivity contribution in [1.82, 2.24) is 5.32 Å². The molecule has 1 aromatic carbocycles. The van der Waals surface area contributed by atoms with E-state index >= 15 is 0 Å². The minimum Gasteiger partial charge on any atom is -0.459 e. The zero-order valence-corrected chi connectivity index (χ0v) is 12.1. The topological polar surface area (TPSA) is 34.4 Å². The molecule has 2 rings (SSSR count). The van der Waals surface area contributed by atoms with E-state index in [0.717, 1.165) is 36.1 Å². The molecular weight excluding hydrogens is 257 g/mol. The number of fused-ring (bicyclic) bond motifs is 1. The Bertz CT molecular complexity index is 538. The van der Waals surface area contributed by atoms with Gasteiger partial charge in [-0.25, -0.2) is 4.39 Å².